The zero-order chi connectivity index (χ0) is 23.0. The maximum absolute atomic E-state index is 11.9. The summed E-state index contributed by atoms with van der Waals surface area (Å²) >= 11 is 0. The van der Waals surface area contributed by atoms with E-state index in [-0.39, 0.29) is 18.5 Å². The Morgan fingerprint density at radius 1 is 0.742 bits per heavy atom. The summed E-state index contributed by atoms with van der Waals surface area (Å²) in [6.45, 7) is 4.18. The molecule has 0 spiro atoms. The Hall–Kier alpha value is -2.36. The number of hydrogen-bond acceptors (Lipinski definition) is 3. The molecule has 1 N–H and O–H groups in total. The van der Waals surface area contributed by atoms with Gasteiger partial charge in [0.1, 0.15) is 6.10 Å². The van der Waals surface area contributed by atoms with Gasteiger partial charge in [-0.3, -0.25) is 9.59 Å². The molecular formula is C27H42O4. The fraction of sp³-hybridized carbons (Fsp3) is 0.556. The quantitative estimate of drug-likeness (QED) is 0.131. The molecule has 174 valence electrons. The van der Waals surface area contributed by atoms with E-state index in [0.717, 1.165) is 51.4 Å². The highest BCUT2D eigenvalue weighted by atomic mass is 16.5. The van der Waals surface area contributed by atoms with E-state index in [1.54, 1.807) is 0 Å². The van der Waals surface area contributed by atoms with Crippen molar-refractivity contribution < 1.29 is 19.4 Å². The number of carbonyl (C=O) groups is 2. The molecule has 4 nitrogen and oxygen atoms in total. The highest BCUT2D eigenvalue weighted by Crippen LogP contribution is 2.11. The normalized spacial score (nSPS) is 13.4. The first-order valence-corrected chi connectivity index (χ1v) is 11.8. The molecule has 0 saturated carbocycles. The number of ether oxygens (including phenoxy) is 1. The van der Waals surface area contributed by atoms with Gasteiger partial charge in [-0.05, 0) is 63.9 Å². The highest BCUT2D eigenvalue weighted by Gasteiger charge is 2.11. The number of carbonyl (C=O) groups excluding carboxylic acids is 1. The van der Waals surface area contributed by atoms with Crippen molar-refractivity contribution in [1.82, 2.24) is 0 Å². The van der Waals surface area contributed by atoms with Gasteiger partial charge in [0, 0.05) is 12.8 Å². The van der Waals surface area contributed by atoms with Crippen LogP contribution in [0.15, 0.2) is 60.8 Å². The van der Waals surface area contributed by atoms with Gasteiger partial charge in [-0.15, -0.1) is 0 Å². The molecule has 0 heterocycles. The third kappa shape index (κ3) is 22.2. The van der Waals surface area contributed by atoms with Crippen molar-refractivity contribution in [2.45, 2.75) is 97.0 Å². The molecule has 0 aliphatic rings. The number of carboxylic acid groups (broad SMARTS) is 1. The van der Waals surface area contributed by atoms with E-state index >= 15 is 0 Å². The minimum atomic E-state index is -0.786. The number of unbranched alkanes of at least 4 members (excludes halogenated alkanes) is 2. The van der Waals surface area contributed by atoms with Crippen LogP contribution < -0.4 is 0 Å². The summed E-state index contributed by atoms with van der Waals surface area (Å²) in [5.74, 6) is -0.961. The van der Waals surface area contributed by atoms with Crippen molar-refractivity contribution in [1.29, 1.82) is 0 Å². The lowest BCUT2D eigenvalue weighted by atomic mass is 10.1. The van der Waals surface area contributed by atoms with Gasteiger partial charge in [-0.25, -0.2) is 0 Å². The molecule has 0 fully saturated rings. The second kappa shape index (κ2) is 22.3. The zero-order valence-electron chi connectivity index (χ0n) is 19.5. The van der Waals surface area contributed by atoms with Crippen LogP contribution in [0.1, 0.15) is 90.9 Å². The molecule has 0 aromatic heterocycles. The number of hydrogen-bond donors (Lipinski definition) is 1. The van der Waals surface area contributed by atoms with E-state index < -0.39 is 5.97 Å². The third-order valence-electron chi connectivity index (χ3n) is 4.49. The molecule has 0 aromatic rings. The average molecular weight is 431 g/mol. The fourth-order valence-corrected chi connectivity index (χ4v) is 2.75. The monoisotopic (exact) mass is 430 g/mol. The predicted octanol–water partition coefficient (Wildman–Crippen LogP) is 7.48. The van der Waals surface area contributed by atoms with Gasteiger partial charge in [-0.2, -0.15) is 0 Å². The second-order valence-corrected chi connectivity index (χ2v) is 7.44. The average Bonchev–Trinajstić information content (AvgIpc) is 2.75. The molecule has 0 bridgehead atoms. The maximum atomic E-state index is 11.9. The van der Waals surface area contributed by atoms with Crippen molar-refractivity contribution >= 4 is 11.9 Å². The summed E-state index contributed by atoms with van der Waals surface area (Å²) < 4.78 is 5.55. The number of esters is 1. The number of allylic oxidation sites excluding steroid dienone is 9. The van der Waals surface area contributed by atoms with Crippen molar-refractivity contribution in [3.63, 3.8) is 0 Å². The minimum Gasteiger partial charge on any atom is -0.481 e. The van der Waals surface area contributed by atoms with Crippen LogP contribution in [0.5, 0.6) is 0 Å². The van der Waals surface area contributed by atoms with E-state index in [9.17, 15) is 9.59 Å². The van der Waals surface area contributed by atoms with Crippen LogP contribution in [0.3, 0.4) is 0 Å². The molecule has 0 radical (unpaired) electrons. The topological polar surface area (TPSA) is 63.6 Å². The highest BCUT2D eigenvalue weighted by molar-refractivity contribution is 5.69. The number of rotatable bonds is 19. The molecule has 0 amide bonds. The van der Waals surface area contributed by atoms with Crippen LogP contribution in [-0.2, 0) is 14.3 Å². The molecular weight excluding hydrogens is 388 g/mol. The first kappa shape index (κ1) is 28.6. The van der Waals surface area contributed by atoms with E-state index in [4.69, 9.17) is 9.84 Å². The summed E-state index contributed by atoms with van der Waals surface area (Å²) in [6, 6.07) is 0. The van der Waals surface area contributed by atoms with Gasteiger partial charge < -0.3 is 9.84 Å². The van der Waals surface area contributed by atoms with Gasteiger partial charge in [0.05, 0.1) is 0 Å². The van der Waals surface area contributed by atoms with Crippen LogP contribution in [0.25, 0.3) is 0 Å². The van der Waals surface area contributed by atoms with Crippen molar-refractivity contribution in [3.8, 4) is 0 Å². The van der Waals surface area contributed by atoms with Crippen LogP contribution in [0.4, 0.5) is 0 Å². The Bertz CT molecular complexity index is 596. The number of aliphatic carboxylic acids is 1. The van der Waals surface area contributed by atoms with Crippen LogP contribution in [0, 0.1) is 0 Å². The van der Waals surface area contributed by atoms with E-state index in [1.807, 2.05) is 19.1 Å². The molecule has 1 unspecified atom stereocenters. The summed E-state index contributed by atoms with van der Waals surface area (Å²) in [5, 5.41) is 8.75. The minimum absolute atomic E-state index is 0.155. The van der Waals surface area contributed by atoms with Gasteiger partial charge in [-0.1, -0.05) is 75.0 Å². The molecule has 4 heteroatoms. The van der Waals surface area contributed by atoms with Gasteiger partial charge >= 0.3 is 11.9 Å². The molecule has 0 saturated heterocycles. The molecule has 1 atom stereocenters. The summed E-state index contributed by atoms with van der Waals surface area (Å²) in [5.41, 5.74) is 0. The van der Waals surface area contributed by atoms with Crippen molar-refractivity contribution in [2.75, 3.05) is 0 Å². The van der Waals surface area contributed by atoms with E-state index in [2.05, 4.69) is 55.5 Å². The van der Waals surface area contributed by atoms with Crippen LogP contribution >= 0.6 is 0 Å². The Morgan fingerprint density at radius 3 is 1.81 bits per heavy atom. The Balaban J connectivity index is 4.20. The van der Waals surface area contributed by atoms with Crippen LogP contribution in [-0.4, -0.2) is 23.1 Å². The summed E-state index contributed by atoms with van der Waals surface area (Å²) in [7, 11) is 0. The molecule has 31 heavy (non-hydrogen) atoms. The number of carboxylic acids is 1. The molecule has 0 aliphatic carbocycles. The zero-order valence-corrected chi connectivity index (χ0v) is 19.5. The lowest BCUT2D eigenvalue weighted by molar-refractivity contribution is -0.147. The first-order valence-electron chi connectivity index (χ1n) is 11.8. The maximum Gasteiger partial charge on any atom is 0.306 e. The standard InChI is InChI=1S/C27H42O4/c1-3-5-7-8-9-10-11-12-13-14-15-16-17-18-21-25(22-19-20-23-26(28)29)31-27(30)24-6-4-2/h5,7,9-10,12-13,15-16,18,21,25H,3-4,6,8,11,14,17,19-20,22-24H2,1-2H3,(H,28,29)/b7-5-,10-9-,13-12-,16-15-,21-18-. The third-order valence-corrected chi connectivity index (χ3v) is 4.49. The SMILES string of the molecule is CC/C=C\C/C=C\C/C=C\C/C=C\C/C=C\C(CCCCC(=O)O)OC(=O)CCCC. The van der Waals surface area contributed by atoms with Crippen molar-refractivity contribution in [3.05, 3.63) is 60.8 Å². The smallest absolute Gasteiger partial charge is 0.306 e. The van der Waals surface area contributed by atoms with E-state index in [0.29, 0.717) is 19.3 Å². The van der Waals surface area contributed by atoms with Gasteiger partial charge in [0.15, 0.2) is 0 Å². The Labute approximate surface area is 189 Å². The molecule has 0 aromatic carbocycles. The van der Waals surface area contributed by atoms with E-state index in [1.165, 1.54) is 0 Å². The summed E-state index contributed by atoms with van der Waals surface area (Å²) in [4.78, 5) is 22.6. The Morgan fingerprint density at radius 2 is 1.29 bits per heavy atom. The first-order chi connectivity index (χ1) is 15.1. The Kier molecular flexibility index (Phi) is 20.6. The summed E-state index contributed by atoms with van der Waals surface area (Å²) in [6.07, 6.45) is 30.1. The molecule has 0 aliphatic heterocycles. The van der Waals surface area contributed by atoms with Crippen molar-refractivity contribution in [2.24, 2.45) is 0 Å². The lowest BCUT2D eigenvalue weighted by Crippen LogP contribution is -2.16. The largest absolute Gasteiger partial charge is 0.481 e. The molecule has 0 rings (SSSR count). The lowest BCUT2D eigenvalue weighted by Gasteiger charge is -2.14. The van der Waals surface area contributed by atoms with Gasteiger partial charge in [0.2, 0.25) is 0 Å². The predicted molar refractivity (Wildman–Crippen MR) is 130 cm³/mol. The van der Waals surface area contributed by atoms with Gasteiger partial charge in [0.25, 0.3) is 0 Å². The fourth-order valence-electron chi connectivity index (χ4n) is 2.75. The second-order valence-electron chi connectivity index (χ2n) is 7.44. The van der Waals surface area contributed by atoms with Crippen LogP contribution in [0.2, 0.25) is 0 Å².